The zero-order valence-electron chi connectivity index (χ0n) is 12.4. The van der Waals surface area contributed by atoms with E-state index in [9.17, 15) is 14.0 Å². The van der Waals surface area contributed by atoms with Gasteiger partial charge in [0, 0.05) is 24.2 Å². The van der Waals surface area contributed by atoms with Crippen molar-refractivity contribution >= 4 is 16.6 Å². The van der Waals surface area contributed by atoms with Gasteiger partial charge in [-0.25, -0.2) is 8.78 Å². The van der Waals surface area contributed by atoms with Gasteiger partial charge in [0.05, 0.1) is 28.7 Å². The summed E-state index contributed by atoms with van der Waals surface area (Å²) < 4.78 is 32.7. The predicted octanol–water partition coefficient (Wildman–Crippen LogP) is 3.26. The first-order valence-corrected chi connectivity index (χ1v) is 7.40. The van der Waals surface area contributed by atoms with Crippen molar-refractivity contribution in [3.05, 3.63) is 47.2 Å². The molecular formula is C16H11F2N5O. The normalized spacial score (nSPS) is 13.9. The van der Waals surface area contributed by atoms with Crippen LogP contribution in [0.15, 0.2) is 22.9 Å². The van der Waals surface area contributed by atoms with Crippen LogP contribution in [-0.4, -0.2) is 15.1 Å². The summed E-state index contributed by atoms with van der Waals surface area (Å²) in [5.74, 6) is -0.150. The van der Waals surface area contributed by atoms with Crippen molar-refractivity contribution in [3.63, 3.8) is 0 Å². The molecule has 2 aromatic heterocycles. The first-order chi connectivity index (χ1) is 11.7. The highest BCUT2D eigenvalue weighted by Crippen LogP contribution is 2.38. The molecule has 0 bridgehead atoms. The van der Waals surface area contributed by atoms with Crippen LogP contribution in [0.25, 0.3) is 10.9 Å². The molecule has 1 N–H and O–H groups in total. The number of nitrogens with one attached hydrogen (secondary N) is 1. The van der Waals surface area contributed by atoms with Crippen molar-refractivity contribution in [2.24, 2.45) is 0 Å². The van der Waals surface area contributed by atoms with Gasteiger partial charge in [0.2, 0.25) is 5.89 Å². The molecule has 0 atom stereocenters. The van der Waals surface area contributed by atoms with E-state index in [1.807, 2.05) is 6.07 Å². The van der Waals surface area contributed by atoms with Crippen molar-refractivity contribution < 1.29 is 13.3 Å². The molecule has 4 rings (SSSR count). The molecule has 1 aliphatic rings. The number of benzene rings is 1. The van der Waals surface area contributed by atoms with Crippen molar-refractivity contribution in [1.29, 1.82) is 5.26 Å². The van der Waals surface area contributed by atoms with E-state index in [4.69, 9.17) is 4.52 Å². The lowest BCUT2D eigenvalue weighted by Crippen LogP contribution is -2.04. The maximum absolute atomic E-state index is 14.2. The molecule has 1 saturated carbocycles. The number of nitrogens with zero attached hydrogens (tertiary/aromatic N) is 4. The second-order valence-corrected chi connectivity index (χ2v) is 5.61. The molecule has 120 valence electrons. The highest BCUT2D eigenvalue weighted by atomic mass is 19.1. The van der Waals surface area contributed by atoms with Gasteiger partial charge in [-0.05, 0) is 12.8 Å². The third kappa shape index (κ3) is 2.54. The van der Waals surface area contributed by atoms with E-state index in [0.29, 0.717) is 17.6 Å². The standard InChI is InChI=1S/C16H11F2N5O/c17-10-3-11(18)14-12(4-10)20-6-9(5-19)15(14)21-7-13-22-16(23-24-13)8-1-2-8/h3-4,6,8H,1-2,7H2,(H,20,21). The molecule has 8 heteroatoms. The summed E-state index contributed by atoms with van der Waals surface area (Å²) in [6, 6.07) is 3.82. The van der Waals surface area contributed by atoms with E-state index in [1.165, 1.54) is 6.20 Å². The summed E-state index contributed by atoms with van der Waals surface area (Å²) in [6.07, 6.45) is 3.38. The number of anilines is 1. The van der Waals surface area contributed by atoms with Gasteiger partial charge in [0.25, 0.3) is 0 Å². The highest BCUT2D eigenvalue weighted by Gasteiger charge is 2.28. The van der Waals surface area contributed by atoms with Gasteiger partial charge >= 0.3 is 0 Å². The SMILES string of the molecule is N#Cc1cnc2cc(F)cc(F)c2c1NCc1nc(C2CC2)no1. The molecule has 0 radical (unpaired) electrons. The van der Waals surface area contributed by atoms with Crippen LogP contribution in [0.2, 0.25) is 0 Å². The number of pyridine rings is 1. The van der Waals surface area contributed by atoms with E-state index >= 15 is 0 Å². The Hall–Kier alpha value is -3.08. The average Bonchev–Trinajstić information content (AvgIpc) is 3.31. The Kier molecular flexibility index (Phi) is 3.34. The summed E-state index contributed by atoms with van der Waals surface area (Å²) in [5, 5.41) is 16.1. The lowest BCUT2D eigenvalue weighted by Gasteiger charge is -2.10. The number of rotatable bonds is 4. The number of hydrogen-bond donors (Lipinski definition) is 1. The number of nitriles is 1. The largest absolute Gasteiger partial charge is 0.374 e. The first-order valence-electron chi connectivity index (χ1n) is 7.40. The molecule has 1 fully saturated rings. The second kappa shape index (κ2) is 5.53. The van der Waals surface area contributed by atoms with Crippen LogP contribution in [0, 0.1) is 23.0 Å². The van der Waals surface area contributed by atoms with Gasteiger partial charge < -0.3 is 9.84 Å². The Morgan fingerprint density at radius 2 is 2.17 bits per heavy atom. The van der Waals surface area contributed by atoms with E-state index in [0.717, 1.165) is 25.0 Å². The number of fused-ring (bicyclic) bond motifs is 1. The van der Waals surface area contributed by atoms with Crippen LogP contribution in [-0.2, 0) is 6.54 Å². The van der Waals surface area contributed by atoms with E-state index in [2.05, 4.69) is 20.4 Å². The molecular weight excluding hydrogens is 316 g/mol. The minimum atomic E-state index is -0.790. The Balaban J connectivity index is 1.69. The predicted molar refractivity (Wildman–Crippen MR) is 80.0 cm³/mol. The summed E-state index contributed by atoms with van der Waals surface area (Å²) in [6.45, 7) is 0.129. The quantitative estimate of drug-likeness (QED) is 0.791. The third-order valence-electron chi connectivity index (χ3n) is 3.85. The van der Waals surface area contributed by atoms with Gasteiger partial charge in [0.15, 0.2) is 5.82 Å². The monoisotopic (exact) mass is 327 g/mol. The summed E-state index contributed by atoms with van der Waals surface area (Å²) in [7, 11) is 0. The molecule has 1 aliphatic carbocycles. The van der Waals surface area contributed by atoms with Crippen molar-refractivity contribution in [2.45, 2.75) is 25.3 Å². The maximum atomic E-state index is 14.2. The van der Waals surface area contributed by atoms with Crippen molar-refractivity contribution in [1.82, 2.24) is 15.1 Å². The zero-order chi connectivity index (χ0) is 16.7. The van der Waals surface area contributed by atoms with Crippen LogP contribution in [0.4, 0.5) is 14.5 Å². The average molecular weight is 327 g/mol. The van der Waals surface area contributed by atoms with Crippen molar-refractivity contribution in [2.75, 3.05) is 5.32 Å². The smallest absolute Gasteiger partial charge is 0.245 e. The van der Waals surface area contributed by atoms with E-state index < -0.39 is 11.6 Å². The fourth-order valence-corrected chi connectivity index (χ4v) is 2.52. The van der Waals surface area contributed by atoms with Gasteiger partial charge in [-0.1, -0.05) is 5.16 Å². The van der Waals surface area contributed by atoms with Gasteiger partial charge in [-0.2, -0.15) is 10.2 Å². The van der Waals surface area contributed by atoms with Gasteiger partial charge in [0.1, 0.15) is 17.7 Å². The number of halogens is 2. The fraction of sp³-hybridized carbons (Fsp3) is 0.250. The third-order valence-corrected chi connectivity index (χ3v) is 3.85. The van der Waals surface area contributed by atoms with Gasteiger partial charge in [-0.3, -0.25) is 4.98 Å². The lowest BCUT2D eigenvalue weighted by atomic mass is 10.1. The van der Waals surface area contributed by atoms with Crippen LogP contribution in [0.1, 0.15) is 36.0 Å². The molecule has 3 aromatic rings. The number of hydrogen-bond acceptors (Lipinski definition) is 6. The maximum Gasteiger partial charge on any atom is 0.245 e. The second-order valence-electron chi connectivity index (χ2n) is 5.61. The van der Waals surface area contributed by atoms with Crippen LogP contribution < -0.4 is 5.32 Å². The fourth-order valence-electron chi connectivity index (χ4n) is 2.52. The molecule has 0 aliphatic heterocycles. The summed E-state index contributed by atoms with van der Waals surface area (Å²) in [4.78, 5) is 8.20. The molecule has 6 nitrogen and oxygen atoms in total. The Bertz CT molecular complexity index is 974. The minimum absolute atomic E-state index is 0.0531. The Morgan fingerprint density at radius 3 is 2.92 bits per heavy atom. The van der Waals surface area contributed by atoms with Crippen LogP contribution >= 0.6 is 0 Å². The molecule has 0 amide bonds. The van der Waals surface area contributed by atoms with E-state index in [1.54, 1.807) is 0 Å². The van der Waals surface area contributed by atoms with Crippen molar-refractivity contribution in [3.8, 4) is 6.07 Å². The molecule has 0 spiro atoms. The van der Waals surface area contributed by atoms with Gasteiger partial charge in [-0.15, -0.1) is 0 Å². The summed E-state index contributed by atoms with van der Waals surface area (Å²) >= 11 is 0. The molecule has 0 saturated heterocycles. The van der Waals surface area contributed by atoms with Crippen LogP contribution in [0.5, 0.6) is 0 Å². The zero-order valence-corrected chi connectivity index (χ0v) is 12.4. The first kappa shape index (κ1) is 14.5. The minimum Gasteiger partial charge on any atom is -0.374 e. The number of aromatic nitrogens is 3. The van der Waals surface area contributed by atoms with E-state index in [-0.39, 0.29) is 28.7 Å². The highest BCUT2D eigenvalue weighted by molar-refractivity contribution is 5.94. The topological polar surface area (TPSA) is 87.6 Å². The van der Waals surface area contributed by atoms with Crippen LogP contribution in [0.3, 0.4) is 0 Å². The molecule has 1 aromatic carbocycles. The Labute approximate surface area is 135 Å². The lowest BCUT2D eigenvalue weighted by molar-refractivity contribution is 0.378. The summed E-state index contributed by atoms with van der Waals surface area (Å²) in [5.41, 5.74) is 0.499. The molecule has 2 heterocycles. The molecule has 24 heavy (non-hydrogen) atoms. The molecule has 0 unspecified atom stereocenters. The Morgan fingerprint density at radius 1 is 1.33 bits per heavy atom.